The molecule has 4 nitrogen and oxygen atoms in total. The van der Waals surface area contributed by atoms with Crippen molar-refractivity contribution in [1.82, 2.24) is 9.97 Å². The van der Waals surface area contributed by atoms with Crippen molar-refractivity contribution in [3.05, 3.63) is 169 Å². The van der Waals surface area contributed by atoms with Crippen molar-refractivity contribution in [3.63, 3.8) is 0 Å². The third kappa shape index (κ3) is 5.33. The Balaban J connectivity index is 1.41. The quantitative estimate of drug-likeness (QED) is 0.174. The monoisotopic (exact) mass is 619 g/mol. The molecule has 0 fully saturated rings. The van der Waals surface area contributed by atoms with E-state index < -0.39 is 0 Å². The molecular weight excluding hydrogens is 585 g/mol. The van der Waals surface area contributed by atoms with Crippen molar-refractivity contribution in [3.8, 4) is 34.0 Å². The van der Waals surface area contributed by atoms with Gasteiger partial charge in [-0.05, 0) is 92.4 Å². The van der Waals surface area contributed by atoms with Crippen molar-refractivity contribution in [2.75, 3.05) is 4.90 Å². The number of hydrogen-bond donors (Lipinski definition) is 0. The summed E-state index contributed by atoms with van der Waals surface area (Å²) in [6.45, 7) is 6.65. The second-order valence-corrected chi connectivity index (χ2v) is 12.4. The lowest BCUT2D eigenvalue weighted by Crippen LogP contribution is -2.59. The van der Waals surface area contributed by atoms with Crippen molar-refractivity contribution in [2.24, 2.45) is 0 Å². The minimum atomic E-state index is -0.0182. The molecule has 0 unspecified atom stereocenters. The van der Waals surface area contributed by atoms with Crippen LogP contribution < -0.4 is 26.0 Å². The predicted octanol–water partition coefficient (Wildman–Crippen LogP) is 8.83. The highest BCUT2D eigenvalue weighted by atomic mass is 16.5. The normalized spacial score (nSPS) is 12.0. The zero-order valence-corrected chi connectivity index (χ0v) is 27.3. The van der Waals surface area contributed by atoms with E-state index in [0.717, 1.165) is 51.1 Å². The number of nitrogens with zero attached hydrogens (tertiary/aromatic N) is 3. The zero-order chi connectivity index (χ0) is 32.6. The van der Waals surface area contributed by atoms with E-state index in [1.165, 1.54) is 33.1 Å². The van der Waals surface area contributed by atoms with Crippen LogP contribution in [0.4, 0.5) is 17.1 Å². The molecule has 8 rings (SSSR count). The van der Waals surface area contributed by atoms with Crippen LogP contribution in [0.1, 0.15) is 16.7 Å². The van der Waals surface area contributed by atoms with Crippen LogP contribution in [0.3, 0.4) is 0 Å². The first-order chi connectivity index (χ1) is 23.5. The first-order valence-electron chi connectivity index (χ1n) is 16.4. The molecule has 0 saturated carbocycles. The molecule has 0 N–H and O–H groups in total. The fourth-order valence-corrected chi connectivity index (χ4v) is 7.30. The van der Waals surface area contributed by atoms with Crippen molar-refractivity contribution >= 4 is 40.2 Å². The number of rotatable bonds is 6. The molecule has 0 radical (unpaired) electrons. The highest BCUT2D eigenvalue weighted by molar-refractivity contribution is 6.99. The Hall–Kier alpha value is -5.94. The standard InChI is InChI=1S/C43H34BN3O/c1-29-24-30(2)42(31(3)25-29)44-37-18-7-8-21-40(37)47(33-15-5-4-6-16-33)41-28-35(27-36(43(41)44)39-20-10-12-23-46-39)48-34-17-13-14-32(26-34)38-19-9-11-22-45-38/h4-28H,1-3H3. The summed E-state index contributed by atoms with van der Waals surface area (Å²) in [6.07, 6.45) is 3.68. The van der Waals surface area contributed by atoms with E-state index in [1.807, 2.05) is 54.9 Å². The Morgan fingerprint density at radius 1 is 0.542 bits per heavy atom. The SMILES string of the molecule is Cc1cc(C)c(B2c3ccccc3N(c3ccccc3)c3cc(Oc4cccc(-c5ccccn5)c4)cc(-c4ccccn4)c32)c(C)c1. The molecule has 3 heterocycles. The Bertz CT molecular complexity index is 2230. The lowest BCUT2D eigenvalue weighted by molar-refractivity contribution is 0.483. The van der Waals surface area contributed by atoms with Crippen LogP contribution in [0.2, 0.25) is 0 Å². The maximum Gasteiger partial charge on any atom is 0.248 e. The van der Waals surface area contributed by atoms with Crippen LogP contribution in [-0.4, -0.2) is 16.7 Å². The highest BCUT2D eigenvalue weighted by Crippen LogP contribution is 2.41. The van der Waals surface area contributed by atoms with Gasteiger partial charge in [-0.1, -0.05) is 94.9 Å². The van der Waals surface area contributed by atoms with Gasteiger partial charge in [-0.25, -0.2) is 0 Å². The van der Waals surface area contributed by atoms with Crippen LogP contribution >= 0.6 is 0 Å². The summed E-state index contributed by atoms with van der Waals surface area (Å²) >= 11 is 0. The van der Waals surface area contributed by atoms with Gasteiger partial charge in [0, 0.05) is 46.6 Å². The minimum Gasteiger partial charge on any atom is -0.457 e. The largest absolute Gasteiger partial charge is 0.457 e. The molecule has 230 valence electrons. The lowest BCUT2D eigenvalue weighted by atomic mass is 9.33. The summed E-state index contributed by atoms with van der Waals surface area (Å²) < 4.78 is 6.76. The molecule has 5 aromatic carbocycles. The summed E-state index contributed by atoms with van der Waals surface area (Å²) in [5.41, 5.74) is 14.8. The molecular formula is C43H34BN3O. The van der Waals surface area contributed by atoms with E-state index in [9.17, 15) is 0 Å². The van der Waals surface area contributed by atoms with E-state index in [0.29, 0.717) is 0 Å². The van der Waals surface area contributed by atoms with Gasteiger partial charge >= 0.3 is 0 Å². The molecule has 1 aliphatic heterocycles. The highest BCUT2D eigenvalue weighted by Gasteiger charge is 2.39. The summed E-state index contributed by atoms with van der Waals surface area (Å²) in [6, 6.07) is 48.6. The van der Waals surface area contributed by atoms with Gasteiger partial charge in [0.05, 0.1) is 11.4 Å². The second-order valence-electron chi connectivity index (χ2n) is 12.4. The number of fused-ring (bicyclic) bond motifs is 2. The summed E-state index contributed by atoms with van der Waals surface area (Å²) in [5, 5.41) is 0. The number of aromatic nitrogens is 2. The molecule has 7 aromatic rings. The van der Waals surface area contributed by atoms with Gasteiger partial charge in [0.25, 0.3) is 0 Å². The van der Waals surface area contributed by atoms with E-state index in [4.69, 9.17) is 9.72 Å². The van der Waals surface area contributed by atoms with Crippen molar-refractivity contribution in [1.29, 1.82) is 0 Å². The molecule has 5 heteroatoms. The summed E-state index contributed by atoms with van der Waals surface area (Å²) in [5.74, 6) is 1.48. The zero-order valence-electron chi connectivity index (χ0n) is 27.3. The molecule has 2 aromatic heterocycles. The number of hydrogen-bond acceptors (Lipinski definition) is 4. The Morgan fingerprint density at radius 3 is 1.96 bits per heavy atom. The number of pyridine rings is 2. The first kappa shape index (κ1) is 29.5. The van der Waals surface area contributed by atoms with Crippen LogP contribution in [0.25, 0.3) is 22.5 Å². The van der Waals surface area contributed by atoms with E-state index in [2.05, 4.69) is 128 Å². The maximum atomic E-state index is 6.76. The van der Waals surface area contributed by atoms with Crippen molar-refractivity contribution < 1.29 is 4.74 Å². The number of aryl methyl sites for hydroxylation is 3. The fourth-order valence-electron chi connectivity index (χ4n) is 7.30. The number of para-hydroxylation sites is 2. The lowest BCUT2D eigenvalue weighted by Gasteiger charge is -2.39. The smallest absolute Gasteiger partial charge is 0.248 e. The Kier molecular flexibility index (Phi) is 7.58. The molecule has 0 atom stereocenters. The molecule has 48 heavy (non-hydrogen) atoms. The number of ether oxygens (including phenoxy) is 1. The second kappa shape index (κ2) is 12.3. The Morgan fingerprint density at radius 2 is 1.23 bits per heavy atom. The molecule has 0 spiro atoms. The van der Waals surface area contributed by atoms with Crippen LogP contribution in [0.15, 0.2) is 152 Å². The Labute approximate surface area is 282 Å². The van der Waals surface area contributed by atoms with E-state index in [-0.39, 0.29) is 6.71 Å². The van der Waals surface area contributed by atoms with Gasteiger partial charge in [-0.2, -0.15) is 0 Å². The third-order valence-corrected chi connectivity index (χ3v) is 9.16. The van der Waals surface area contributed by atoms with Gasteiger partial charge in [0.1, 0.15) is 11.5 Å². The molecule has 0 bridgehead atoms. The van der Waals surface area contributed by atoms with Gasteiger partial charge in [-0.3, -0.25) is 9.97 Å². The minimum absolute atomic E-state index is 0.0182. The van der Waals surface area contributed by atoms with Crippen LogP contribution in [-0.2, 0) is 0 Å². The van der Waals surface area contributed by atoms with Gasteiger partial charge in [-0.15, -0.1) is 0 Å². The van der Waals surface area contributed by atoms with E-state index in [1.54, 1.807) is 0 Å². The van der Waals surface area contributed by atoms with Crippen molar-refractivity contribution in [2.45, 2.75) is 20.8 Å². The third-order valence-electron chi connectivity index (χ3n) is 9.16. The molecule has 0 amide bonds. The van der Waals surface area contributed by atoms with Gasteiger partial charge in [0.15, 0.2) is 0 Å². The average Bonchev–Trinajstić information content (AvgIpc) is 3.12. The fraction of sp³-hybridized carbons (Fsp3) is 0.0698. The van der Waals surface area contributed by atoms with E-state index >= 15 is 0 Å². The summed E-state index contributed by atoms with van der Waals surface area (Å²) in [7, 11) is 0. The topological polar surface area (TPSA) is 38.2 Å². The average molecular weight is 620 g/mol. The van der Waals surface area contributed by atoms with Crippen LogP contribution in [0, 0.1) is 20.8 Å². The van der Waals surface area contributed by atoms with Gasteiger partial charge < -0.3 is 9.64 Å². The predicted molar refractivity (Wildman–Crippen MR) is 199 cm³/mol. The summed E-state index contributed by atoms with van der Waals surface area (Å²) in [4.78, 5) is 11.9. The number of anilines is 3. The molecule has 0 saturated heterocycles. The first-order valence-corrected chi connectivity index (χ1v) is 16.4. The number of benzene rings is 5. The molecule has 1 aliphatic rings. The van der Waals surface area contributed by atoms with Gasteiger partial charge in [0.2, 0.25) is 6.71 Å². The molecule has 0 aliphatic carbocycles. The maximum absolute atomic E-state index is 6.76. The van der Waals surface area contributed by atoms with Crippen LogP contribution in [0.5, 0.6) is 11.5 Å².